The van der Waals surface area contributed by atoms with E-state index < -0.39 is 0 Å². The van der Waals surface area contributed by atoms with Gasteiger partial charge >= 0.3 is 0 Å². The summed E-state index contributed by atoms with van der Waals surface area (Å²) < 4.78 is 5.30. The van der Waals surface area contributed by atoms with Gasteiger partial charge in [-0.2, -0.15) is 0 Å². The molecule has 1 aromatic rings. The van der Waals surface area contributed by atoms with Crippen molar-refractivity contribution in [2.24, 2.45) is 5.73 Å². The van der Waals surface area contributed by atoms with E-state index in [1.54, 1.807) is 0 Å². The normalized spacial score (nSPS) is 12.6. The molecule has 0 aliphatic heterocycles. The molecule has 0 aromatic carbocycles. The predicted octanol–water partition coefficient (Wildman–Crippen LogP) is 2.20. The van der Waals surface area contributed by atoms with E-state index in [1.165, 1.54) is 0 Å². The van der Waals surface area contributed by atoms with Crippen LogP contribution in [0, 0.1) is 6.92 Å². The van der Waals surface area contributed by atoms with Crippen molar-refractivity contribution in [3.63, 3.8) is 0 Å². The van der Waals surface area contributed by atoms with E-state index in [1.807, 2.05) is 26.0 Å². The molecule has 0 bridgehead atoms. The lowest BCUT2D eigenvalue weighted by Crippen LogP contribution is -2.11. The van der Waals surface area contributed by atoms with Crippen LogP contribution < -0.4 is 10.5 Å². The van der Waals surface area contributed by atoms with Gasteiger partial charge < -0.3 is 10.5 Å². The highest BCUT2D eigenvalue weighted by molar-refractivity contribution is 5.27. The molecule has 0 spiro atoms. The third kappa shape index (κ3) is 2.45. The molecule has 1 rings (SSSR count). The zero-order valence-corrected chi connectivity index (χ0v) is 9.08. The summed E-state index contributed by atoms with van der Waals surface area (Å²) in [5, 5.41) is 0. The molecule has 2 N–H and O–H groups in total. The van der Waals surface area contributed by atoms with Gasteiger partial charge in [0.2, 0.25) is 5.88 Å². The molecule has 0 amide bonds. The van der Waals surface area contributed by atoms with Crippen molar-refractivity contribution in [2.75, 3.05) is 6.61 Å². The van der Waals surface area contributed by atoms with Crippen LogP contribution in [0.2, 0.25) is 0 Å². The molecular formula is C11H18N2O. The average molecular weight is 194 g/mol. The standard InChI is InChI=1S/C11H18N2O/c1-4-10(12)9-6-7-11(14-5-2)13-8(9)3/h6-7,10H,4-5,12H2,1-3H3/t10-/m0/s1. The van der Waals surface area contributed by atoms with Gasteiger partial charge in [-0.1, -0.05) is 13.0 Å². The van der Waals surface area contributed by atoms with Gasteiger partial charge in [0.1, 0.15) is 0 Å². The van der Waals surface area contributed by atoms with Crippen LogP contribution in [0.5, 0.6) is 5.88 Å². The third-order valence-electron chi connectivity index (χ3n) is 2.23. The van der Waals surface area contributed by atoms with Crippen LogP contribution in [0.25, 0.3) is 0 Å². The van der Waals surface area contributed by atoms with Crippen LogP contribution in [-0.2, 0) is 0 Å². The summed E-state index contributed by atoms with van der Waals surface area (Å²) in [5.74, 6) is 0.678. The van der Waals surface area contributed by atoms with Gasteiger partial charge in [0.15, 0.2) is 0 Å². The molecule has 0 fully saturated rings. The van der Waals surface area contributed by atoms with Crippen LogP contribution in [-0.4, -0.2) is 11.6 Å². The maximum Gasteiger partial charge on any atom is 0.213 e. The second-order valence-electron chi connectivity index (χ2n) is 3.27. The van der Waals surface area contributed by atoms with Gasteiger partial charge in [-0.15, -0.1) is 0 Å². The van der Waals surface area contributed by atoms with Gasteiger partial charge in [0.05, 0.1) is 6.61 Å². The number of aryl methyl sites for hydroxylation is 1. The Morgan fingerprint density at radius 1 is 1.43 bits per heavy atom. The summed E-state index contributed by atoms with van der Waals surface area (Å²) in [6, 6.07) is 3.96. The van der Waals surface area contributed by atoms with Gasteiger partial charge in [-0.05, 0) is 25.8 Å². The smallest absolute Gasteiger partial charge is 0.213 e. The first-order valence-electron chi connectivity index (χ1n) is 5.05. The van der Waals surface area contributed by atoms with Gasteiger partial charge in [-0.25, -0.2) is 4.98 Å². The molecule has 0 aliphatic rings. The molecule has 0 radical (unpaired) electrons. The molecule has 1 heterocycles. The Kier molecular flexibility index (Phi) is 3.89. The second-order valence-corrected chi connectivity index (χ2v) is 3.27. The molecule has 14 heavy (non-hydrogen) atoms. The maximum absolute atomic E-state index is 5.94. The first kappa shape index (κ1) is 11.0. The van der Waals surface area contributed by atoms with E-state index >= 15 is 0 Å². The second kappa shape index (κ2) is 4.96. The fourth-order valence-electron chi connectivity index (χ4n) is 1.39. The van der Waals surface area contributed by atoms with E-state index in [9.17, 15) is 0 Å². The van der Waals surface area contributed by atoms with Crippen LogP contribution in [0.1, 0.15) is 37.6 Å². The molecular weight excluding hydrogens is 176 g/mol. The van der Waals surface area contributed by atoms with Gasteiger partial charge in [-0.3, -0.25) is 0 Å². The number of nitrogens with zero attached hydrogens (tertiary/aromatic N) is 1. The van der Waals surface area contributed by atoms with Crippen molar-refractivity contribution in [3.05, 3.63) is 23.4 Å². The van der Waals surface area contributed by atoms with Crippen LogP contribution in [0.3, 0.4) is 0 Å². The minimum atomic E-state index is 0.0816. The molecule has 0 saturated heterocycles. The van der Waals surface area contributed by atoms with Crippen molar-refractivity contribution in [1.29, 1.82) is 0 Å². The number of hydrogen-bond donors (Lipinski definition) is 1. The van der Waals surface area contributed by atoms with Crippen molar-refractivity contribution in [2.45, 2.75) is 33.2 Å². The van der Waals surface area contributed by atoms with Crippen LogP contribution in [0.4, 0.5) is 0 Å². The first-order valence-corrected chi connectivity index (χ1v) is 5.05. The zero-order valence-electron chi connectivity index (χ0n) is 9.08. The number of rotatable bonds is 4. The molecule has 0 aliphatic carbocycles. The SMILES string of the molecule is CCOc1ccc([C@@H](N)CC)c(C)n1. The largest absolute Gasteiger partial charge is 0.478 e. The van der Waals surface area contributed by atoms with Gasteiger partial charge in [0, 0.05) is 17.8 Å². The fraction of sp³-hybridized carbons (Fsp3) is 0.545. The van der Waals surface area contributed by atoms with E-state index in [4.69, 9.17) is 10.5 Å². The average Bonchev–Trinajstić information content (AvgIpc) is 2.17. The Hall–Kier alpha value is -1.09. The molecule has 3 heteroatoms. The lowest BCUT2D eigenvalue weighted by Gasteiger charge is -2.12. The summed E-state index contributed by atoms with van der Waals surface area (Å²) in [5.41, 5.74) is 8.01. The Morgan fingerprint density at radius 3 is 2.64 bits per heavy atom. The number of ether oxygens (including phenoxy) is 1. The first-order chi connectivity index (χ1) is 6.69. The Balaban J connectivity index is 2.89. The van der Waals surface area contributed by atoms with E-state index in [0.29, 0.717) is 12.5 Å². The molecule has 0 saturated carbocycles. The van der Waals surface area contributed by atoms with Crippen LogP contribution >= 0.6 is 0 Å². The summed E-state index contributed by atoms with van der Waals surface area (Å²) in [7, 11) is 0. The monoisotopic (exact) mass is 194 g/mol. The predicted molar refractivity (Wildman–Crippen MR) is 57.4 cm³/mol. The van der Waals surface area contributed by atoms with Crippen molar-refractivity contribution in [1.82, 2.24) is 4.98 Å². The van der Waals surface area contributed by atoms with E-state index in [-0.39, 0.29) is 6.04 Å². The summed E-state index contributed by atoms with van der Waals surface area (Å²) in [6.07, 6.45) is 0.927. The molecule has 1 atom stereocenters. The van der Waals surface area contributed by atoms with Crippen molar-refractivity contribution >= 4 is 0 Å². The summed E-state index contributed by atoms with van der Waals surface area (Å²) >= 11 is 0. The Labute approximate surface area is 85.3 Å². The fourth-order valence-corrected chi connectivity index (χ4v) is 1.39. The van der Waals surface area contributed by atoms with Crippen LogP contribution in [0.15, 0.2) is 12.1 Å². The highest BCUT2D eigenvalue weighted by Gasteiger charge is 2.08. The number of pyridine rings is 1. The third-order valence-corrected chi connectivity index (χ3v) is 2.23. The highest BCUT2D eigenvalue weighted by Crippen LogP contribution is 2.19. The molecule has 1 aromatic heterocycles. The summed E-state index contributed by atoms with van der Waals surface area (Å²) in [6.45, 7) is 6.63. The van der Waals surface area contributed by atoms with Crippen molar-refractivity contribution < 1.29 is 4.74 Å². The molecule has 0 unspecified atom stereocenters. The topological polar surface area (TPSA) is 48.1 Å². The zero-order chi connectivity index (χ0) is 10.6. The minimum Gasteiger partial charge on any atom is -0.478 e. The number of nitrogens with two attached hydrogens (primary N) is 1. The quantitative estimate of drug-likeness (QED) is 0.799. The lowest BCUT2D eigenvalue weighted by molar-refractivity contribution is 0.326. The van der Waals surface area contributed by atoms with Gasteiger partial charge in [0.25, 0.3) is 0 Å². The lowest BCUT2D eigenvalue weighted by atomic mass is 10.0. The molecule has 3 nitrogen and oxygen atoms in total. The number of aromatic nitrogens is 1. The van der Waals surface area contributed by atoms with E-state index in [0.717, 1.165) is 17.7 Å². The number of hydrogen-bond acceptors (Lipinski definition) is 3. The van der Waals surface area contributed by atoms with E-state index in [2.05, 4.69) is 11.9 Å². The Morgan fingerprint density at radius 2 is 2.14 bits per heavy atom. The molecule has 78 valence electrons. The Bertz CT molecular complexity index is 299. The summed E-state index contributed by atoms with van der Waals surface area (Å²) in [4.78, 5) is 4.33. The minimum absolute atomic E-state index is 0.0816. The maximum atomic E-state index is 5.94. The van der Waals surface area contributed by atoms with Crippen molar-refractivity contribution in [3.8, 4) is 5.88 Å². The highest BCUT2D eigenvalue weighted by atomic mass is 16.5.